The number of halogens is 1. The molecule has 0 unspecified atom stereocenters. The summed E-state index contributed by atoms with van der Waals surface area (Å²) in [6.07, 6.45) is 5.72. The second-order valence-corrected chi connectivity index (χ2v) is 4.93. The topological polar surface area (TPSA) is 67.1 Å². The molecule has 2 aromatic heterocycles. The highest BCUT2D eigenvalue weighted by Gasteiger charge is 2.14. The van der Waals surface area contributed by atoms with Gasteiger partial charge in [0, 0.05) is 6.04 Å². The van der Waals surface area contributed by atoms with Crippen molar-refractivity contribution < 1.29 is 0 Å². The molecule has 1 aliphatic rings. The van der Waals surface area contributed by atoms with Crippen molar-refractivity contribution in [3.63, 3.8) is 0 Å². The van der Waals surface area contributed by atoms with Crippen LogP contribution in [0.15, 0.2) is 17.0 Å². The average Bonchev–Trinajstić information content (AvgIpc) is 2.71. The van der Waals surface area contributed by atoms with Crippen LogP contribution in [-0.2, 0) is 0 Å². The summed E-state index contributed by atoms with van der Waals surface area (Å²) < 4.78 is 2.48. The number of nitrogens with zero attached hydrogens (tertiary/aromatic N) is 4. The van der Waals surface area contributed by atoms with Gasteiger partial charge in [0.05, 0.1) is 12.4 Å². The van der Waals surface area contributed by atoms with Crippen molar-refractivity contribution in [1.82, 2.24) is 24.9 Å². The summed E-state index contributed by atoms with van der Waals surface area (Å²) in [5.41, 5.74) is 0.754. The number of piperidine rings is 1. The van der Waals surface area contributed by atoms with Crippen LogP contribution in [0.25, 0.3) is 5.65 Å². The summed E-state index contributed by atoms with van der Waals surface area (Å²) in [6.45, 7) is 2.11. The molecule has 0 amide bonds. The van der Waals surface area contributed by atoms with Crippen LogP contribution >= 0.6 is 15.9 Å². The number of hydrogen-bond acceptors (Lipinski definition) is 5. The van der Waals surface area contributed by atoms with Crippen molar-refractivity contribution in [2.24, 2.45) is 0 Å². The summed E-state index contributed by atoms with van der Waals surface area (Å²) in [5, 5.41) is 11.1. The minimum atomic E-state index is 0.463. The second-order valence-electron chi connectivity index (χ2n) is 4.12. The lowest BCUT2D eigenvalue weighted by Crippen LogP contribution is -2.35. The lowest BCUT2D eigenvalue weighted by Gasteiger charge is -2.22. The summed E-state index contributed by atoms with van der Waals surface area (Å²) in [5.74, 6) is 0.678. The number of anilines is 1. The molecular weight excluding hydrogens is 284 g/mol. The Kier molecular flexibility index (Phi) is 2.94. The zero-order chi connectivity index (χ0) is 11.7. The van der Waals surface area contributed by atoms with E-state index in [1.165, 1.54) is 0 Å². The van der Waals surface area contributed by atoms with Crippen molar-refractivity contribution in [3.05, 3.63) is 17.0 Å². The molecule has 2 N–H and O–H groups in total. The van der Waals surface area contributed by atoms with Gasteiger partial charge in [0.15, 0.2) is 5.65 Å². The van der Waals surface area contributed by atoms with E-state index in [1.807, 2.05) is 0 Å². The van der Waals surface area contributed by atoms with Crippen molar-refractivity contribution in [2.45, 2.75) is 18.9 Å². The first-order chi connectivity index (χ1) is 8.31. The van der Waals surface area contributed by atoms with Gasteiger partial charge in [0.1, 0.15) is 4.60 Å². The minimum Gasteiger partial charge on any atom is -0.350 e. The number of nitrogens with one attached hydrogen (secondary N) is 2. The largest absolute Gasteiger partial charge is 0.350 e. The van der Waals surface area contributed by atoms with E-state index >= 15 is 0 Å². The summed E-state index contributed by atoms with van der Waals surface area (Å²) >= 11 is 3.31. The van der Waals surface area contributed by atoms with Crippen molar-refractivity contribution in [2.75, 3.05) is 18.4 Å². The van der Waals surface area contributed by atoms with Gasteiger partial charge >= 0.3 is 0 Å². The SMILES string of the molecule is Brc1cn2nc(NC3CCNCC3)nc2cn1. The first-order valence-corrected chi connectivity index (χ1v) is 6.46. The Labute approximate surface area is 107 Å². The average molecular weight is 297 g/mol. The molecule has 3 heterocycles. The molecule has 3 rings (SSSR count). The third-order valence-electron chi connectivity index (χ3n) is 2.86. The van der Waals surface area contributed by atoms with E-state index in [4.69, 9.17) is 0 Å². The third-order valence-corrected chi connectivity index (χ3v) is 3.27. The second kappa shape index (κ2) is 4.58. The highest BCUT2D eigenvalue weighted by Crippen LogP contribution is 2.12. The molecule has 90 valence electrons. The predicted molar refractivity (Wildman–Crippen MR) is 68.0 cm³/mol. The summed E-state index contributed by atoms with van der Waals surface area (Å²) in [4.78, 5) is 8.51. The fourth-order valence-corrected chi connectivity index (χ4v) is 2.28. The Morgan fingerprint density at radius 2 is 2.24 bits per heavy atom. The molecule has 6 nitrogen and oxygen atoms in total. The molecule has 0 bridgehead atoms. The quantitative estimate of drug-likeness (QED) is 0.867. The van der Waals surface area contributed by atoms with Gasteiger partial charge in [-0.25, -0.2) is 9.50 Å². The van der Waals surface area contributed by atoms with Gasteiger partial charge < -0.3 is 10.6 Å². The van der Waals surface area contributed by atoms with E-state index in [0.717, 1.165) is 36.2 Å². The Bertz CT molecular complexity index is 518. The molecule has 0 aliphatic carbocycles. The molecule has 0 spiro atoms. The van der Waals surface area contributed by atoms with Crippen molar-refractivity contribution >= 4 is 27.5 Å². The molecule has 17 heavy (non-hydrogen) atoms. The fourth-order valence-electron chi connectivity index (χ4n) is 1.98. The Morgan fingerprint density at radius 3 is 3.06 bits per heavy atom. The van der Waals surface area contributed by atoms with E-state index < -0.39 is 0 Å². The minimum absolute atomic E-state index is 0.463. The number of hydrogen-bond donors (Lipinski definition) is 2. The molecule has 1 aliphatic heterocycles. The molecule has 0 aromatic carbocycles. The summed E-state index contributed by atoms with van der Waals surface area (Å²) in [6, 6.07) is 0.463. The van der Waals surface area contributed by atoms with Crippen LogP contribution in [0.1, 0.15) is 12.8 Å². The molecule has 1 saturated heterocycles. The fraction of sp³-hybridized carbons (Fsp3) is 0.500. The first kappa shape index (κ1) is 10.9. The molecule has 0 saturated carbocycles. The van der Waals surface area contributed by atoms with Crippen LogP contribution in [-0.4, -0.2) is 38.7 Å². The molecule has 0 atom stereocenters. The van der Waals surface area contributed by atoms with Crippen LogP contribution in [0.2, 0.25) is 0 Å². The van der Waals surface area contributed by atoms with Crippen molar-refractivity contribution in [1.29, 1.82) is 0 Å². The first-order valence-electron chi connectivity index (χ1n) is 5.66. The van der Waals surface area contributed by atoms with Crippen LogP contribution in [0, 0.1) is 0 Å². The van der Waals surface area contributed by atoms with Crippen molar-refractivity contribution in [3.8, 4) is 0 Å². The van der Waals surface area contributed by atoms with Gasteiger partial charge in [0.25, 0.3) is 0 Å². The smallest absolute Gasteiger partial charge is 0.243 e. The van der Waals surface area contributed by atoms with Gasteiger partial charge in [-0.15, -0.1) is 5.10 Å². The third kappa shape index (κ3) is 2.39. The van der Waals surface area contributed by atoms with Gasteiger partial charge in [-0.3, -0.25) is 0 Å². The van der Waals surface area contributed by atoms with E-state index in [0.29, 0.717) is 12.0 Å². The van der Waals surface area contributed by atoms with Crippen LogP contribution in [0.4, 0.5) is 5.95 Å². The lowest BCUT2D eigenvalue weighted by molar-refractivity contribution is 0.477. The molecule has 0 radical (unpaired) electrons. The number of aromatic nitrogens is 4. The standard InChI is InChI=1S/C10H13BrN6/c11-8-6-17-9(5-13-8)15-10(16-17)14-7-1-3-12-4-2-7/h5-7,12H,1-4H2,(H,14,16). The molecular formula is C10H13BrN6. The van der Waals surface area contributed by atoms with E-state index in [-0.39, 0.29) is 0 Å². The van der Waals surface area contributed by atoms with Crippen LogP contribution in [0.5, 0.6) is 0 Å². The Morgan fingerprint density at radius 1 is 1.41 bits per heavy atom. The Balaban J connectivity index is 1.80. The maximum atomic E-state index is 4.38. The summed E-state index contributed by atoms with van der Waals surface area (Å²) in [7, 11) is 0. The highest BCUT2D eigenvalue weighted by atomic mass is 79.9. The van der Waals surface area contributed by atoms with E-state index in [1.54, 1.807) is 16.9 Å². The van der Waals surface area contributed by atoms with E-state index in [2.05, 4.69) is 41.6 Å². The van der Waals surface area contributed by atoms with Crippen LogP contribution in [0.3, 0.4) is 0 Å². The molecule has 1 fully saturated rings. The van der Waals surface area contributed by atoms with Gasteiger partial charge in [-0.2, -0.15) is 4.98 Å². The van der Waals surface area contributed by atoms with Gasteiger partial charge in [-0.05, 0) is 41.9 Å². The monoisotopic (exact) mass is 296 g/mol. The van der Waals surface area contributed by atoms with E-state index in [9.17, 15) is 0 Å². The zero-order valence-corrected chi connectivity index (χ0v) is 10.8. The number of fused-ring (bicyclic) bond motifs is 1. The zero-order valence-electron chi connectivity index (χ0n) is 9.23. The predicted octanol–water partition coefficient (Wildman–Crippen LogP) is 1.05. The number of rotatable bonds is 2. The highest BCUT2D eigenvalue weighted by molar-refractivity contribution is 9.10. The maximum Gasteiger partial charge on any atom is 0.243 e. The lowest BCUT2D eigenvalue weighted by atomic mass is 10.1. The molecule has 7 heteroatoms. The normalized spacial score (nSPS) is 17.5. The molecule has 2 aromatic rings. The van der Waals surface area contributed by atoms with Gasteiger partial charge in [-0.1, -0.05) is 0 Å². The Hall–Kier alpha value is -1.21. The maximum absolute atomic E-state index is 4.38. The van der Waals surface area contributed by atoms with Crippen LogP contribution < -0.4 is 10.6 Å². The van der Waals surface area contributed by atoms with Gasteiger partial charge in [0.2, 0.25) is 5.95 Å².